The van der Waals surface area contributed by atoms with E-state index in [0.717, 1.165) is 30.6 Å². The van der Waals surface area contributed by atoms with Gasteiger partial charge in [-0.3, -0.25) is 14.3 Å². The summed E-state index contributed by atoms with van der Waals surface area (Å²) < 4.78 is 8.52. The van der Waals surface area contributed by atoms with Crippen LogP contribution >= 0.6 is 22.9 Å². The highest BCUT2D eigenvalue weighted by atomic mass is 35.5. The summed E-state index contributed by atoms with van der Waals surface area (Å²) in [6, 6.07) is 18.9. The Kier molecular flexibility index (Phi) is 7.83. The average Bonchev–Trinajstić information content (AvgIpc) is 3.46. The van der Waals surface area contributed by atoms with Crippen LogP contribution in [0.15, 0.2) is 64.8 Å². The van der Waals surface area contributed by atoms with E-state index in [1.165, 1.54) is 15.9 Å². The minimum Gasteiger partial charge on any atom is -0.491 e. The molecule has 7 rings (SSSR count). The molecular weight excluding hydrogens is 636 g/mol. The number of hydrogen-bond acceptors (Lipinski definition) is 9. The van der Waals surface area contributed by atoms with Gasteiger partial charge in [0.05, 0.1) is 33.4 Å². The lowest BCUT2D eigenvalue weighted by Gasteiger charge is -2.33. The van der Waals surface area contributed by atoms with Crippen molar-refractivity contribution in [1.82, 2.24) is 19.5 Å². The van der Waals surface area contributed by atoms with E-state index in [-0.39, 0.29) is 35.2 Å². The molecule has 234 valence electrons. The minimum absolute atomic E-state index is 0.109. The summed E-state index contributed by atoms with van der Waals surface area (Å²) in [7, 11) is 0. The zero-order valence-corrected chi connectivity index (χ0v) is 27.0. The number of nitrogens with zero attached hydrogens (tertiary/aromatic N) is 6. The first-order chi connectivity index (χ1) is 22.7. The predicted molar refractivity (Wildman–Crippen MR) is 183 cm³/mol. The number of pyridine rings is 2. The van der Waals surface area contributed by atoms with Crippen molar-refractivity contribution in [2.75, 3.05) is 24.6 Å². The topological polar surface area (TPSA) is 134 Å². The number of halogens is 1. The van der Waals surface area contributed by atoms with Gasteiger partial charge in [-0.2, -0.15) is 5.26 Å². The maximum Gasteiger partial charge on any atom is 0.338 e. The minimum atomic E-state index is -1.05. The number of carbonyl (C=O) groups is 1. The van der Waals surface area contributed by atoms with Gasteiger partial charge in [-0.1, -0.05) is 41.9 Å². The maximum atomic E-state index is 14.2. The van der Waals surface area contributed by atoms with Crippen LogP contribution in [0.5, 0.6) is 5.75 Å². The second-order valence-electron chi connectivity index (χ2n) is 11.2. The van der Waals surface area contributed by atoms with Crippen LogP contribution in [0.3, 0.4) is 0 Å². The smallest absolute Gasteiger partial charge is 0.338 e. The van der Waals surface area contributed by atoms with E-state index >= 15 is 0 Å². The van der Waals surface area contributed by atoms with Gasteiger partial charge in [0, 0.05) is 45.9 Å². The summed E-state index contributed by atoms with van der Waals surface area (Å²) in [5.41, 5.74) is 4.28. The normalized spacial score (nSPS) is 12.7. The molecule has 1 fully saturated rings. The Morgan fingerprint density at radius 3 is 2.55 bits per heavy atom. The quantitative estimate of drug-likeness (QED) is 0.185. The molecular formula is C35H27ClN6O4S. The molecule has 0 aliphatic carbocycles. The zero-order valence-electron chi connectivity index (χ0n) is 25.5. The Balaban J connectivity index is 1.28. The standard InChI is InChI=1S/C35H27ClN6O4S/c1-19-15-24(32-30(38-19)26(18-47-32)35(44)45)23-16-22(36)9-10-27(23)46-14-13-42-20(2)39-31-28(34(42)43)25(17-37)33(41-11-6-12-41)40-29(31)21-7-4-3-5-8-21/h3-5,7-10,15-16,18H,6,11-14H2,1-2H3,(H,44,45). The van der Waals surface area contributed by atoms with Crippen LogP contribution in [-0.2, 0) is 6.54 Å². The lowest BCUT2D eigenvalue weighted by atomic mass is 10.0. The van der Waals surface area contributed by atoms with Crippen molar-refractivity contribution in [3.05, 3.63) is 98.0 Å². The summed E-state index contributed by atoms with van der Waals surface area (Å²) in [6.07, 6.45) is 0.990. The molecule has 1 aliphatic heterocycles. The first-order valence-corrected chi connectivity index (χ1v) is 16.2. The van der Waals surface area contributed by atoms with E-state index in [9.17, 15) is 20.0 Å². The number of aromatic nitrogens is 4. The van der Waals surface area contributed by atoms with E-state index < -0.39 is 5.97 Å². The fraction of sp³-hybridized carbons (Fsp3) is 0.200. The highest BCUT2D eigenvalue weighted by Crippen LogP contribution is 2.40. The van der Waals surface area contributed by atoms with Gasteiger partial charge in [-0.25, -0.2) is 14.8 Å². The summed E-state index contributed by atoms with van der Waals surface area (Å²) >= 11 is 7.72. The Bertz CT molecular complexity index is 2330. The molecule has 0 radical (unpaired) electrons. The van der Waals surface area contributed by atoms with Gasteiger partial charge in [-0.15, -0.1) is 11.3 Å². The van der Waals surface area contributed by atoms with Crippen molar-refractivity contribution in [2.45, 2.75) is 26.8 Å². The van der Waals surface area contributed by atoms with E-state index in [2.05, 4.69) is 11.1 Å². The molecule has 47 heavy (non-hydrogen) atoms. The van der Waals surface area contributed by atoms with Gasteiger partial charge in [0.2, 0.25) is 0 Å². The van der Waals surface area contributed by atoms with Crippen LogP contribution in [0.4, 0.5) is 5.82 Å². The van der Waals surface area contributed by atoms with Gasteiger partial charge in [-0.05, 0) is 44.5 Å². The summed E-state index contributed by atoms with van der Waals surface area (Å²) in [5, 5.41) is 22.3. The van der Waals surface area contributed by atoms with E-state index in [4.69, 9.17) is 26.3 Å². The Morgan fingerprint density at radius 2 is 1.85 bits per heavy atom. The number of rotatable bonds is 8. The zero-order chi connectivity index (χ0) is 32.8. The van der Waals surface area contributed by atoms with Gasteiger partial charge in [0.15, 0.2) is 0 Å². The largest absolute Gasteiger partial charge is 0.491 e. The molecule has 0 atom stereocenters. The third-order valence-corrected chi connectivity index (χ3v) is 9.51. The number of carboxylic acids is 1. The first kappa shape index (κ1) is 30.3. The van der Waals surface area contributed by atoms with Crippen molar-refractivity contribution in [3.8, 4) is 34.2 Å². The number of anilines is 1. The van der Waals surface area contributed by atoms with Crippen LogP contribution in [0.1, 0.15) is 33.9 Å². The lowest BCUT2D eigenvalue weighted by molar-refractivity contribution is 0.0699. The number of fused-ring (bicyclic) bond motifs is 2. The number of aromatic carboxylic acids is 1. The van der Waals surface area contributed by atoms with Crippen LogP contribution in [0.25, 0.3) is 43.5 Å². The van der Waals surface area contributed by atoms with Crippen LogP contribution in [0.2, 0.25) is 5.02 Å². The van der Waals surface area contributed by atoms with Gasteiger partial charge >= 0.3 is 5.97 Å². The molecule has 0 spiro atoms. The van der Waals surface area contributed by atoms with E-state index in [1.807, 2.05) is 41.3 Å². The molecule has 10 nitrogen and oxygen atoms in total. The number of benzene rings is 2. The fourth-order valence-corrected chi connectivity index (χ4v) is 7.07. The summed E-state index contributed by atoms with van der Waals surface area (Å²) in [4.78, 5) is 42.3. The van der Waals surface area contributed by atoms with Crippen LogP contribution < -0.4 is 15.2 Å². The molecule has 6 aromatic rings. The van der Waals surface area contributed by atoms with Crippen molar-refractivity contribution < 1.29 is 14.6 Å². The second-order valence-corrected chi connectivity index (χ2v) is 12.6. The molecule has 0 saturated carbocycles. The van der Waals surface area contributed by atoms with Crippen molar-refractivity contribution in [2.24, 2.45) is 0 Å². The average molecular weight is 663 g/mol. The summed E-state index contributed by atoms with van der Waals surface area (Å²) in [5.74, 6) is 0.434. The van der Waals surface area contributed by atoms with E-state index in [0.29, 0.717) is 55.1 Å². The highest BCUT2D eigenvalue weighted by molar-refractivity contribution is 7.18. The first-order valence-electron chi connectivity index (χ1n) is 15.0. The molecule has 0 amide bonds. The van der Waals surface area contributed by atoms with Gasteiger partial charge in [0.1, 0.15) is 41.1 Å². The SMILES string of the molecule is Cc1cc(-c2cc(Cl)ccc2OCCn2c(C)nc3c(-c4ccccc4)nc(N4CCC4)c(C#N)c3c2=O)c2scc(C(=O)O)c2n1. The Labute approximate surface area is 278 Å². The molecule has 4 aromatic heterocycles. The molecule has 12 heteroatoms. The fourth-order valence-electron chi connectivity index (χ4n) is 5.88. The third kappa shape index (κ3) is 5.35. The number of aryl methyl sites for hydroxylation is 2. The molecule has 1 N–H and O–H groups in total. The van der Waals surface area contributed by atoms with Gasteiger partial charge < -0.3 is 14.7 Å². The maximum absolute atomic E-state index is 14.2. The monoisotopic (exact) mass is 662 g/mol. The molecule has 2 aromatic carbocycles. The number of thiophene rings is 1. The lowest BCUT2D eigenvalue weighted by Crippen LogP contribution is -2.38. The summed E-state index contributed by atoms with van der Waals surface area (Å²) in [6.45, 7) is 5.36. The Morgan fingerprint density at radius 1 is 1.06 bits per heavy atom. The molecule has 5 heterocycles. The van der Waals surface area contributed by atoms with Crippen LogP contribution in [0, 0.1) is 25.2 Å². The number of ether oxygens (including phenoxy) is 1. The predicted octanol–water partition coefficient (Wildman–Crippen LogP) is 6.86. The highest BCUT2D eigenvalue weighted by Gasteiger charge is 2.27. The molecule has 0 bridgehead atoms. The molecule has 1 aliphatic rings. The van der Waals surface area contributed by atoms with Crippen molar-refractivity contribution >= 4 is 55.8 Å². The van der Waals surface area contributed by atoms with Crippen LogP contribution in [-0.4, -0.2) is 50.3 Å². The third-order valence-electron chi connectivity index (χ3n) is 8.28. The second kappa shape index (κ2) is 12.1. The van der Waals surface area contributed by atoms with Crippen molar-refractivity contribution in [3.63, 3.8) is 0 Å². The van der Waals surface area contributed by atoms with Crippen molar-refractivity contribution in [1.29, 1.82) is 5.26 Å². The number of carboxylic acid groups (broad SMARTS) is 1. The molecule has 0 unspecified atom stereocenters. The molecule has 1 saturated heterocycles. The number of hydrogen-bond donors (Lipinski definition) is 1. The Hall–Kier alpha value is -5.31. The number of nitriles is 1. The van der Waals surface area contributed by atoms with E-state index in [1.54, 1.807) is 37.4 Å². The van der Waals surface area contributed by atoms with Gasteiger partial charge in [0.25, 0.3) is 5.56 Å².